The lowest BCUT2D eigenvalue weighted by Crippen LogP contribution is -1.90. The van der Waals surface area contributed by atoms with Gasteiger partial charge >= 0.3 is 0 Å². The van der Waals surface area contributed by atoms with Crippen LogP contribution in [0.2, 0.25) is 0 Å². The fourth-order valence-electron chi connectivity index (χ4n) is 2.99. The summed E-state index contributed by atoms with van der Waals surface area (Å²) in [5.41, 5.74) is 2.83. The van der Waals surface area contributed by atoms with Gasteiger partial charge < -0.3 is 9.26 Å². The van der Waals surface area contributed by atoms with Gasteiger partial charge in [-0.1, -0.05) is 29.4 Å². The molecule has 0 unspecified atom stereocenters. The molecule has 2 aromatic carbocycles. The molecule has 0 aliphatic carbocycles. The van der Waals surface area contributed by atoms with Crippen molar-refractivity contribution in [3.63, 3.8) is 0 Å². The van der Waals surface area contributed by atoms with E-state index in [0.29, 0.717) is 11.6 Å². The second-order valence-electron chi connectivity index (χ2n) is 5.98. The van der Waals surface area contributed by atoms with Crippen LogP contribution in [0.4, 0.5) is 0 Å². The lowest BCUT2D eigenvalue weighted by Gasteiger charge is -2.08. The third-order valence-electron chi connectivity index (χ3n) is 4.21. The molecule has 130 valence electrons. The van der Waals surface area contributed by atoms with Gasteiger partial charge in [0, 0.05) is 17.3 Å². The molecule has 5 aromatic rings. The minimum atomic E-state index is 0.457. The monoisotopic (exact) mass is 354 g/mol. The van der Waals surface area contributed by atoms with Crippen molar-refractivity contribution < 1.29 is 9.26 Å². The molecule has 6 heteroatoms. The van der Waals surface area contributed by atoms with E-state index in [1.807, 2.05) is 79.1 Å². The summed E-state index contributed by atoms with van der Waals surface area (Å²) < 4.78 is 13.2. The summed E-state index contributed by atoms with van der Waals surface area (Å²) in [6.45, 7) is 0. The number of hydrogen-bond donors (Lipinski definition) is 0. The first-order valence-electron chi connectivity index (χ1n) is 8.44. The molecule has 0 saturated carbocycles. The average molecular weight is 354 g/mol. The van der Waals surface area contributed by atoms with Crippen molar-refractivity contribution in [2.24, 2.45) is 0 Å². The quantitative estimate of drug-likeness (QED) is 0.462. The van der Waals surface area contributed by atoms with Crippen LogP contribution in [0.15, 0.2) is 90.0 Å². The van der Waals surface area contributed by atoms with Gasteiger partial charge in [-0.25, -0.2) is 4.98 Å². The fraction of sp³-hybridized carbons (Fsp3) is 0. The Labute approximate surface area is 154 Å². The van der Waals surface area contributed by atoms with Crippen molar-refractivity contribution in [3.8, 4) is 34.3 Å². The number of hydrogen-bond acceptors (Lipinski definition) is 5. The Morgan fingerprint density at radius 2 is 1.63 bits per heavy atom. The van der Waals surface area contributed by atoms with Crippen molar-refractivity contribution >= 4 is 5.52 Å². The molecule has 0 atom stereocenters. The predicted molar refractivity (Wildman–Crippen MR) is 100 cm³/mol. The maximum absolute atomic E-state index is 6.04. The molecule has 0 aliphatic rings. The first kappa shape index (κ1) is 15.3. The molecule has 0 saturated heterocycles. The van der Waals surface area contributed by atoms with E-state index < -0.39 is 0 Å². The van der Waals surface area contributed by atoms with Gasteiger partial charge in [0.25, 0.3) is 5.89 Å². The number of nitrogens with zero attached hydrogens (tertiary/aromatic N) is 4. The molecule has 0 bridgehead atoms. The predicted octanol–water partition coefficient (Wildman–Crippen LogP) is 4.84. The number of pyridine rings is 1. The second kappa shape index (κ2) is 6.42. The minimum Gasteiger partial charge on any atom is -0.457 e. The Bertz CT molecular complexity index is 1210. The molecular formula is C21H14N4O2. The van der Waals surface area contributed by atoms with Crippen LogP contribution in [0, 0.1) is 0 Å². The van der Waals surface area contributed by atoms with E-state index in [9.17, 15) is 0 Å². The summed E-state index contributed by atoms with van der Waals surface area (Å²) in [5, 5.41) is 3.64. The van der Waals surface area contributed by atoms with Crippen LogP contribution in [0.3, 0.4) is 0 Å². The third kappa shape index (κ3) is 2.93. The van der Waals surface area contributed by atoms with Gasteiger partial charge in [-0.15, -0.1) is 0 Å². The number of imidazole rings is 1. The SMILES string of the molecule is c1cc(Oc2cccc(-c3ncc4ccccn34)c2)cc(-c2ncno2)c1. The van der Waals surface area contributed by atoms with Crippen molar-refractivity contribution in [1.82, 2.24) is 19.5 Å². The van der Waals surface area contributed by atoms with Crippen LogP contribution < -0.4 is 4.74 Å². The van der Waals surface area contributed by atoms with Crippen molar-refractivity contribution in [2.45, 2.75) is 0 Å². The van der Waals surface area contributed by atoms with Gasteiger partial charge in [-0.2, -0.15) is 4.98 Å². The number of ether oxygens (including phenoxy) is 1. The van der Waals surface area contributed by atoms with E-state index in [1.54, 1.807) is 0 Å². The standard InChI is InChI=1S/C21H14N4O2/c1-2-10-25-17(7-1)13-22-20(25)15-5-3-8-18(11-15)26-19-9-4-6-16(12-19)21-23-14-24-27-21/h1-14H. The van der Waals surface area contributed by atoms with E-state index in [4.69, 9.17) is 9.26 Å². The lowest BCUT2D eigenvalue weighted by atomic mass is 10.2. The van der Waals surface area contributed by atoms with E-state index in [-0.39, 0.29) is 0 Å². The van der Waals surface area contributed by atoms with Crippen LogP contribution in [0.25, 0.3) is 28.4 Å². The van der Waals surface area contributed by atoms with E-state index in [1.165, 1.54) is 6.33 Å². The Morgan fingerprint density at radius 1 is 0.815 bits per heavy atom. The van der Waals surface area contributed by atoms with Crippen molar-refractivity contribution in [2.75, 3.05) is 0 Å². The normalized spacial score (nSPS) is 11.0. The molecule has 27 heavy (non-hydrogen) atoms. The molecule has 0 N–H and O–H groups in total. The summed E-state index contributed by atoms with van der Waals surface area (Å²) in [7, 11) is 0. The number of rotatable bonds is 4. The molecule has 3 aromatic heterocycles. The maximum atomic E-state index is 6.04. The summed E-state index contributed by atoms with van der Waals surface area (Å²) in [5.74, 6) is 2.74. The zero-order chi connectivity index (χ0) is 18.1. The highest BCUT2D eigenvalue weighted by atomic mass is 16.5. The highest BCUT2D eigenvalue weighted by molar-refractivity contribution is 5.64. The van der Waals surface area contributed by atoms with E-state index in [0.717, 1.165) is 28.2 Å². The van der Waals surface area contributed by atoms with Crippen LogP contribution in [0.1, 0.15) is 0 Å². The molecule has 5 rings (SSSR count). The third-order valence-corrected chi connectivity index (χ3v) is 4.21. The molecule has 0 fully saturated rings. The van der Waals surface area contributed by atoms with E-state index in [2.05, 4.69) is 19.5 Å². The van der Waals surface area contributed by atoms with Crippen LogP contribution in [0.5, 0.6) is 11.5 Å². The Morgan fingerprint density at radius 3 is 2.44 bits per heavy atom. The van der Waals surface area contributed by atoms with Gasteiger partial charge in [-0.3, -0.25) is 4.40 Å². The Hall–Kier alpha value is -3.93. The molecule has 0 aliphatic heterocycles. The van der Waals surface area contributed by atoms with E-state index >= 15 is 0 Å². The fourth-order valence-corrected chi connectivity index (χ4v) is 2.99. The molecule has 0 radical (unpaired) electrons. The highest BCUT2D eigenvalue weighted by Crippen LogP contribution is 2.29. The molecule has 3 heterocycles. The number of fused-ring (bicyclic) bond motifs is 1. The van der Waals surface area contributed by atoms with Gasteiger partial charge in [0.2, 0.25) is 0 Å². The second-order valence-corrected chi connectivity index (χ2v) is 5.98. The first-order valence-corrected chi connectivity index (χ1v) is 8.44. The first-order chi connectivity index (χ1) is 13.4. The summed E-state index contributed by atoms with van der Waals surface area (Å²) in [6.07, 6.45) is 5.23. The van der Waals surface area contributed by atoms with Gasteiger partial charge in [-0.05, 0) is 42.5 Å². The molecule has 0 amide bonds. The summed E-state index contributed by atoms with van der Waals surface area (Å²) in [6, 6.07) is 21.4. The maximum Gasteiger partial charge on any atom is 0.257 e. The van der Waals surface area contributed by atoms with Crippen LogP contribution in [-0.2, 0) is 0 Å². The van der Waals surface area contributed by atoms with Gasteiger partial charge in [0.15, 0.2) is 6.33 Å². The highest BCUT2D eigenvalue weighted by Gasteiger charge is 2.09. The van der Waals surface area contributed by atoms with Gasteiger partial charge in [0.1, 0.15) is 17.3 Å². The van der Waals surface area contributed by atoms with Crippen LogP contribution in [-0.4, -0.2) is 19.5 Å². The summed E-state index contributed by atoms with van der Waals surface area (Å²) >= 11 is 0. The van der Waals surface area contributed by atoms with Crippen LogP contribution >= 0.6 is 0 Å². The Kier molecular flexibility index (Phi) is 3.65. The summed E-state index contributed by atoms with van der Waals surface area (Å²) in [4.78, 5) is 8.61. The van der Waals surface area contributed by atoms with Crippen molar-refractivity contribution in [1.29, 1.82) is 0 Å². The topological polar surface area (TPSA) is 65.5 Å². The minimum absolute atomic E-state index is 0.457. The molecule has 0 spiro atoms. The zero-order valence-electron chi connectivity index (χ0n) is 14.2. The lowest BCUT2D eigenvalue weighted by molar-refractivity contribution is 0.429. The zero-order valence-corrected chi connectivity index (χ0v) is 14.2. The average Bonchev–Trinajstić information content (AvgIpc) is 3.39. The Balaban J connectivity index is 1.47. The smallest absolute Gasteiger partial charge is 0.257 e. The van der Waals surface area contributed by atoms with Crippen molar-refractivity contribution in [3.05, 3.63) is 85.5 Å². The largest absolute Gasteiger partial charge is 0.457 e. The molecular weight excluding hydrogens is 340 g/mol. The molecule has 6 nitrogen and oxygen atoms in total. The van der Waals surface area contributed by atoms with Gasteiger partial charge in [0.05, 0.1) is 11.7 Å². The number of aromatic nitrogens is 4. The number of benzene rings is 2.